The summed E-state index contributed by atoms with van der Waals surface area (Å²) >= 11 is 8.75. The summed E-state index contributed by atoms with van der Waals surface area (Å²) in [6.45, 7) is 2.72. The molecule has 106 heavy (non-hydrogen) atoms. The lowest BCUT2D eigenvalue weighted by Gasteiger charge is -2.44. The van der Waals surface area contributed by atoms with Crippen LogP contribution in [0, 0.1) is 19.7 Å². The Hall–Kier alpha value is -10.2. The van der Waals surface area contributed by atoms with E-state index in [-0.39, 0.29) is 64.9 Å². The number of aromatic nitrogens is 4. The third kappa shape index (κ3) is 16.7. The number of aromatic hydroxyl groups is 1. The van der Waals surface area contributed by atoms with E-state index in [4.69, 9.17) is 77.6 Å². The number of halogens is 2. The van der Waals surface area contributed by atoms with Crippen LogP contribution in [0.1, 0.15) is 39.1 Å². The van der Waals surface area contributed by atoms with Crippen molar-refractivity contribution in [3.05, 3.63) is 250 Å². The molecule has 550 valence electrons. The number of ether oxygens (including phenoxy) is 12. The second kappa shape index (κ2) is 34.0. The third-order valence-electron chi connectivity index (χ3n) is 18.1. The van der Waals surface area contributed by atoms with Gasteiger partial charge in [0.05, 0.1) is 41.8 Å². The number of methoxy groups -OCH3 is 6. The van der Waals surface area contributed by atoms with Crippen molar-refractivity contribution >= 4 is 49.2 Å². The molecule has 0 bridgehead atoms. The molecule has 1 fully saturated rings. The zero-order valence-electron chi connectivity index (χ0n) is 58.9. The molecule has 1 saturated heterocycles. The zero-order chi connectivity index (χ0) is 74.7. The molecule has 2 unspecified atom stereocenters. The van der Waals surface area contributed by atoms with Gasteiger partial charge in [-0.25, -0.2) is 29.1 Å². The number of carboxylic acid groups (broad SMARTS) is 1. The van der Waals surface area contributed by atoms with Gasteiger partial charge in [0.15, 0.2) is 12.1 Å². The number of aryl methyl sites for hydroxylation is 1. The van der Waals surface area contributed by atoms with Crippen molar-refractivity contribution in [2.45, 2.75) is 80.3 Å². The van der Waals surface area contributed by atoms with E-state index in [9.17, 15) is 27.8 Å². The number of hydrogen-bond acceptors (Lipinski definition) is 22. The smallest absolute Gasteiger partial charge is 0.345 e. The summed E-state index contributed by atoms with van der Waals surface area (Å²) in [5, 5.41) is 22.4. The van der Waals surface area contributed by atoms with Crippen molar-refractivity contribution in [2.24, 2.45) is 0 Å². The summed E-state index contributed by atoms with van der Waals surface area (Å²) in [4.78, 5) is 33.0. The maximum Gasteiger partial charge on any atom is 0.345 e. The van der Waals surface area contributed by atoms with E-state index in [1.807, 2.05) is 91.9 Å². The van der Waals surface area contributed by atoms with E-state index in [2.05, 4.69) is 15.0 Å². The van der Waals surface area contributed by atoms with Gasteiger partial charge in [-0.2, -0.15) is 8.42 Å². The number of carbonyl (C=O) groups is 1. The quantitative estimate of drug-likeness (QED) is 0.0293. The molecule has 26 heteroatoms. The number of nitrogens with zero attached hydrogens (tertiary/aromatic N) is 4. The van der Waals surface area contributed by atoms with Crippen LogP contribution in [-0.4, -0.2) is 150 Å². The molecule has 7 atom stereocenters. The summed E-state index contributed by atoms with van der Waals surface area (Å²) in [6, 6.07) is 53.1. The highest BCUT2D eigenvalue weighted by Gasteiger charge is 2.48. The molecule has 1 aliphatic rings. The molecule has 0 spiro atoms. The van der Waals surface area contributed by atoms with Gasteiger partial charge in [0, 0.05) is 62.6 Å². The Labute approximate surface area is 621 Å². The Morgan fingerprint density at radius 3 is 2.01 bits per heavy atom. The lowest BCUT2D eigenvalue weighted by Crippen LogP contribution is -2.61. The van der Waals surface area contributed by atoms with Gasteiger partial charge in [-0.15, -0.1) is 11.3 Å². The van der Waals surface area contributed by atoms with E-state index in [0.29, 0.717) is 82.8 Å². The first-order valence-corrected chi connectivity index (χ1v) is 36.1. The molecule has 4 heterocycles. The van der Waals surface area contributed by atoms with Crippen LogP contribution in [-0.2, 0) is 66.1 Å². The van der Waals surface area contributed by atoms with Crippen molar-refractivity contribution in [1.82, 2.24) is 19.9 Å². The summed E-state index contributed by atoms with van der Waals surface area (Å²) < 4.78 is 122. The lowest BCUT2D eigenvalue weighted by atomic mass is 9.80. The van der Waals surface area contributed by atoms with Crippen molar-refractivity contribution < 1.29 is 88.8 Å². The van der Waals surface area contributed by atoms with Gasteiger partial charge in [0.1, 0.15) is 107 Å². The van der Waals surface area contributed by atoms with Crippen molar-refractivity contribution in [1.29, 1.82) is 0 Å². The van der Waals surface area contributed by atoms with Crippen LogP contribution in [0.3, 0.4) is 0 Å². The van der Waals surface area contributed by atoms with Gasteiger partial charge in [0.25, 0.3) is 10.1 Å². The molecule has 0 saturated carbocycles. The molecular formula is C80H76ClFN4O18S2. The first kappa shape index (κ1) is 75.5. The van der Waals surface area contributed by atoms with Crippen LogP contribution in [0.25, 0.3) is 43.2 Å². The third-order valence-corrected chi connectivity index (χ3v) is 21.0. The number of fused-ring (bicyclic) bond motifs is 1. The fourth-order valence-corrected chi connectivity index (χ4v) is 15.0. The number of carboxylic acids is 1. The number of rotatable bonds is 32. The Balaban J connectivity index is 0.838. The van der Waals surface area contributed by atoms with E-state index >= 15 is 0 Å². The molecule has 0 amide bonds. The van der Waals surface area contributed by atoms with Crippen molar-refractivity contribution in [3.63, 3.8) is 0 Å². The molecular weight excluding hydrogens is 1420 g/mol. The SMILES string of the molecule is COc1ccc(C(OCC(COS(=O)(=O)c2ccc(C)cc2)Oc2ccc(-c3c(-c4ccc(F)cc4)sc4ncnc(OC(Cc5cc(O)ccc5OCc5ccnc(-c6cccc(OC[C@H]7O[C@H](OC)[C@@H](OC)[C@@H](OC)[C@@H]7OC)c6)n5)C(=O)O)c34)c(C)c2Cl)(c2ccccc2)c2ccc(OC)cc2)cc1. The highest BCUT2D eigenvalue weighted by atomic mass is 35.5. The average molecular weight is 1500 g/mol. The molecule has 11 aromatic rings. The largest absolute Gasteiger partial charge is 0.508 e. The second-order valence-corrected chi connectivity index (χ2v) is 27.6. The van der Waals surface area contributed by atoms with Crippen LogP contribution >= 0.6 is 22.9 Å². The minimum Gasteiger partial charge on any atom is -0.508 e. The number of benzene rings is 8. The van der Waals surface area contributed by atoms with Gasteiger partial charge < -0.3 is 67.1 Å². The molecule has 12 rings (SSSR count). The highest BCUT2D eigenvalue weighted by Crippen LogP contribution is 2.50. The standard InChI is InChI=1S/C80H76ClFN4O18S2/c1-47-17-32-62(33-18-47)106(90,91)101-44-61(43-100-80(52-14-10-9-11-15-52,53-21-28-58(92-3)29-22-53)54-23-30-59(93-4)31-24-54)102-65-36-34-63(48(2)70(65)81)68-69-76(84-46-85-77(69)105-74(68)49-19-25-55(82)26-20-49)103-66(78(88)89)41-51-39-57(87)27-35-64(51)99-42-56-37-38-83-75(86-56)50-13-12-16-60(40-50)98-45-67-71(94-5)72(95-6)73(96-7)79(97-8)104-67/h9-40,46,61,66-67,71-73,79,87H,41-45H2,1-8H3,(H,88,89)/t61?,66?,67-,71-,72+,73+,79+/m1/s1. The van der Waals surface area contributed by atoms with Gasteiger partial charge in [-0.3, -0.25) is 4.18 Å². The van der Waals surface area contributed by atoms with Crippen LogP contribution in [0.2, 0.25) is 5.02 Å². The number of phenolic OH excluding ortho intramolecular Hbond substituents is 1. The van der Waals surface area contributed by atoms with E-state index in [0.717, 1.165) is 11.1 Å². The fourth-order valence-electron chi connectivity index (χ4n) is 12.7. The van der Waals surface area contributed by atoms with E-state index in [1.54, 1.807) is 109 Å². The van der Waals surface area contributed by atoms with Crippen LogP contribution in [0.5, 0.6) is 40.4 Å². The Kier molecular flexibility index (Phi) is 24.2. The molecule has 8 aromatic carbocycles. The van der Waals surface area contributed by atoms with Crippen molar-refractivity contribution in [2.75, 3.05) is 62.5 Å². The van der Waals surface area contributed by atoms with E-state index < -0.39 is 77.0 Å². The van der Waals surface area contributed by atoms with Crippen molar-refractivity contribution in [3.8, 4) is 73.3 Å². The monoisotopic (exact) mass is 1500 g/mol. The molecule has 2 N–H and O–H groups in total. The average Bonchev–Trinajstić information content (AvgIpc) is 1.45. The van der Waals surface area contributed by atoms with E-state index in [1.165, 1.54) is 67.2 Å². The zero-order valence-corrected chi connectivity index (χ0v) is 61.3. The Morgan fingerprint density at radius 2 is 1.35 bits per heavy atom. The second-order valence-electron chi connectivity index (χ2n) is 24.6. The first-order chi connectivity index (χ1) is 51.3. The minimum atomic E-state index is -4.39. The predicted octanol–water partition coefficient (Wildman–Crippen LogP) is 14.2. The number of phenols is 1. The van der Waals surface area contributed by atoms with Gasteiger partial charge in [0.2, 0.25) is 12.0 Å². The molecule has 22 nitrogen and oxygen atoms in total. The Morgan fingerprint density at radius 1 is 0.670 bits per heavy atom. The van der Waals surface area contributed by atoms with Crippen LogP contribution in [0.15, 0.2) is 205 Å². The molecule has 0 radical (unpaired) electrons. The van der Waals surface area contributed by atoms with Crippen LogP contribution < -0.4 is 28.4 Å². The van der Waals surface area contributed by atoms with Crippen LogP contribution in [0.4, 0.5) is 4.39 Å². The number of aliphatic carboxylic acids is 1. The highest BCUT2D eigenvalue weighted by molar-refractivity contribution is 7.86. The normalized spacial score (nSPS) is 16.6. The maximum absolute atomic E-state index is 14.8. The molecule has 3 aromatic heterocycles. The molecule has 1 aliphatic heterocycles. The van der Waals surface area contributed by atoms with Gasteiger partial charge in [-0.1, -0.05) is 114 Å². The van der Waals surface area contributed by atoms with Gasteiger partial charge >= 0.3 is 5.97 Å². The summed E-state index contributed by atoms with van der Waals surface area (Å²) in [5.74, 6) is 0.240. The lowest BCUT2D eigenvalue weighted by molar-refractivity contribution is -0.305. The topological polar surface area (TPSA) is 263 Å². The predicted molar refractivity (Wildman–Crippen MR) is 394 cm³/mol. The summed E-state index contributed by atoms with van der Waals surface area (Å²) in [7, 11) is 4.96. The first-order valence-electron chi connectivity index (χ1n) is 33.5. The number of thiophene rings is 1. The number of hydrogen-bond donors (Lipinski definition) is 2. The minimum absolute atomic E-state index is 0.0717. The fraction of sp³-hybridized carbons (Fsp3) is 0.263. The summed E-state index contributed by atoms with van der Waals surface area (Å²) in [5.41, 5.74) is 4.92. The maximum atomic E-state index is 14.8. The summed E-state index contributed by atoms with van der Waals surface area (Å²) in [6.07, 6.45) is -3.29. The van der Waals surface area contributed by atoms with Gasteiger partial charge in [-0.05, 0) is 138 Å². The molecule has 0 aliphatic carbocycles. The Bertz CT molecular complexity index is 4900.